The molecule has 0 aliphatic heterocycles. The van der Waals surface area contributed by atoms with Crippen LogP contribution in [-0.4, -0.2) is 26.7 Å². The number of hydrogen-bond acceptors (Lipinski definition) is 4. The van der Waals surface area contributed by atoms with E-state index in [1.807, 2.05) is 49.4 Å². The molecule has 0 aliphatic carbocycles. The second-order valence-corrected chi connectivity index (χ2v) is 6.62. The first kappa shape index (κ1) is 20.6. The van der Waals surface area contributed by atoms with Crippen LogP contribution in [0.5, 0.6) is 17.2 Å². The molecule has 0 aliphatic rings. The van der Waals surface area contributed by atoms with Gasteiger partial charge >= 0.3 is 0 Å². The summed E-state index contributed by atoms with van der Waals surface area (Å²) in [5.41, 5.74) is 2.06. The minimum Gasteiger partial charge on any atom is -0.493 e. The predicted octanol–water partition coefficient (Wildman–Crippen LogP) is 4.47. The first-order valence-corrected chi connectivity index (χ1v) is 9.23. The Hall–Kier alpha value is -2.69. The second kappa shape index (κ2) is 9.86. The molecule has 2 aromatic carbocycles. The third kappa shape index (κ3) is 5.39. The summed E-state index contributed by atoms with van der Waals surface area (Å²) in [5, 5.41) is 3.03. The van der Waals surface area contributed by atoms with Gasteiger partial charge in [0, 0.05) is 0 Å². The Morgan fingerprint density at radius 1 is 1.00 bits per heavy atom. The van der Waals surface area contributed by atoms with Gasteiger partial charge in [0.15, 0.2) is 18.1 Å². The van der Waals surface area contributed by atoms with Crippen molar-refractivity contribution in [1.82, 2.24) is 5.32 Å². The number of methoxy groups -OCH3 is 2. The average molecular weight is 371 g/mol. The molecule has 0 radical (unpaired) electrons. The summed E-state index contributed by atoms with van der Waals surface area (Å²) in [4.78, 5) is 12.4. The number of amides is 1. The van der Waals surface area contributed by atoms with Gasteiger partial charge in [-0.3, -0.25) is 4.79 Å². The second-order valence-electron chi connectivity index (χ2n) is 6.62. The van der Waals surface area contributed by atoms with Gasteiger partial charge in [0.2, 0.25) is 0 Å². The molecule has 0 saturated carbocycles. The van der Waals surface area contributed by atoms with Gasteiger partial charge in [-0.25, -0.2) is 0 Å². The molecule has 5 heteroatoms. The molecule has 0 spiro atoms. The lowest BCUT2D eigenvalue weighted by molar-refractivity contribution is -0.123. The minimum absolute atomic E-state index is 0.0203. The summed E-state index contributed by atoms with van der Waals surface area (Å²) in [6.45, 7) is 6.21. The van der Waals surface area contributed by atoms with E-state index >= 15 is 0 Å². The van der Waals surface area contributed by atoms with Crippen LogP contribution in [0.25, 0.3) is 0 Å². The topological polar surface area (TPSA) is 56.8 Å². The fourth-order valence-corrected chi connectivity index (χ4v) is 2.96. The number of rotatable bonds is 9. The molecule has 0 aromatic heterocycles. The van der Waals surface area contributed by atoms with E-state index in [4.69, 9.17) is 14.2 Å². The van der Waals surface area contributed by atoms with Gasteiger partial charge in [-0.15, -0.1) is 0 Å². The molecule has 0 unspecified atom stereocenters. The van der Waals surface area contributed by atoms with Crippen molar-refractivity contribution < 1.29 is 19.0 Å². The van der Waals surface area contributed by atoms with Crippen molar-refractivity contribution in [1.29, 1.82) is 0 Å². The summed E-state index contributed by atoms with van der Waals surface area (Å²) in [6.07, 6.45) is 0.754. The number of carbonyl (C=O) groups excluding carboxylic acids is 1. The van der Waals surface area contributed by atoms with Gasteiger partial charge in [0.05, 0.1) is 20.3 Å². The zero-order chi connectivity index (χ0) is 19.8. The van der Waals surface area contributed by atoms with Gasteiger partial charge < -0.3 is 19.5 Å². The molecular formula is C22H29NO4. The van der Waals surface area contributed by atoms with Crippen molar-refractivity contribution >= 4 is 5.91 Å². The highest BCUT2D eigenvalue weighted by molar-refractivity contribution is 5.78. The number of nitrogens with one attached hydrogen (secondary N) is 1. The van der Waals surface area contributed by atoms with Crippen LogP contribution in [0.3, 0.4) is 0 Å². The maximum absolute atomic E-state index is 12.4. The Bertz CT molecular complexity index is 758. The van der Waals surface area contributed by atoms with Crippen molar-refractivity contribution in [3.05, 3.63) is 53.6 Å². The highest BCUT2D eigenvalue weighted by Gasteiger charge is 2.16. The van der Waals surface area contributed by atoms with Crippen molar-refractivity contribution in [2.24, 2.45) is 0 Å². The normalized spacial score (nSPS) is 11.8. The Morgan fingerprint density at radius 2 is 1.70 bits per heavy atom. The first-order valence-electron chi connectivity index (χ1n) is 9.23. The van der Waals surface area contributed by atoms with E-state index in [0.717, 1.165) is 23.3 Å². The number of carbonyl (C=O) groups is 1. The lowest BCUT2D eigenvalue weighted by Gasteiger charge is -2.20. The minimum atomic E-state index is -0.157. The Kier molecular flexibility index (Phi) is 7.53. The maximum Gasteiger partial charge on any atom is 0.258 e. The number of ether oxygens (including phenoxy) is 3. The number of benzene rings is 2. The van der Waals surface area contributed by atoms with E-state index in [1.54, 1.807) is 14.2 Å². The van der Waals surface area contributed by atoms with Crippen molar-refractivity contribution in [2.75, 3.05) is 20.8 Å². The van der Waals surface area contributed by atoms with Crippen LogP contribution in [-0.2, 0) is 4.79 Å². The summed E-state index contributed by atoms with van der Waals surface area (Å²) >= 11 is 0. The van der Waals surface area contributed by atoms with Gasteiger partial charge in [-0.2, -0.15) is 0 Å². The van der Waals surface area contributed by atoms with Crippen molar-refractivity contribution in [2.45, 2.75) is 39.2 Å². The number of para-hydroxylation sites is 1. The molecule has 0 saturated heterocycles. The third-order valence-corrected chi connectivity index (χ3v) is 4.45. The molecule has 1 N–H and O–H groups in total. The molecule has 2 aromatic rings. The van der Waals surface area contributed by atoms with Crippen molar-refractivity contribution in [3.8, 4) is 17.2 Å². The average Bonchev–Trinajstić information content (AvgIpc) is 2.70. The summed E-state index contributed by atoms with van der Waals surface area (Å²) in [6, 6.07) is 13.4. The highest BCUT2D eigenvalue weighted by Crippen LogP contribution is 2.31. The van der Waals surface area contributed by atoms with E-state index in [-0.39, 0.29) is 18.6 Å². The van der Waals surface area contributed by atoms with E-state index in [1.165, 1.54) is 0 Å². The standard InChI is InChI=1S/C22H29NO4/c1-6-18(16-11-12-20(25-4)21(13-16)26-5)23-22(24)14-27-19-10-8-7-9-17(19)15(2)3/h7-13,15,18H,6,14H2,1-5H3,(H,23,24)/t18-/m1/s1. The van der Waals surface area contributed by atoms with Crippen LogP contribution < -0.4 is 19.5 Å². The largest absolute Gasteiger partial charge is 0.493 e. The van der Waals surface area contributed by atoms with Crippen LogP contribution >= 0.6 is 0 Å². The lowest BCUT2D eigenvalue weighted by atomic mass is 10.0. The van der Waals surface area contributed by atoms with Crippen LogP contribution in [0, 0.1) is 0 Å². The van der Waals surface area contributed by atoms with Crippen LogP contribution in [0.2, 0.25) is 0 Å². The lowest BCUT2D eigenvalue weighted by Crippen LogP contribution is -2.32. The molecule has 1 atom stereocenters. The van der Waals surface area contributed by atoms with E-state index in [9.17, 15) is 4.79 Å². The maximum atomic E-state index is 12.4. The summed E-state index contributed by atoms with van der Waals surface area (Å²) in [5.74, 6) is 2.23. The zero-order valence-electron chi connectivity index (χ0n) is 16.7. The van der Waals surface area contributed by atoms with Crippen LogP contribution in [0.1, 0.15) is 50.3 Å². The molecule has 27 heavy (non-hydrogen) atoms. The summed E-state index contributed by atoms with van der Waals surface area (Å²) < 4.78 is 16.4. The van der Waals surface area contributed by atoms with E-state index in [2.05, 4.69) is 19.2 Å². The Balaban J connectivity index is 2.03. The highest BCUT2D eigenvalue weighted by atomic mass is 16.5. The Morgan fingerprint density at radius 3 is 2.33 bits per heavy atom. The quantitative estimate of drug-likeness (QED) is 0.706. The van der Waals surface area contributed by atoms with Gasteiger partial charge in [0.1, 0.15) is 5.75 Å². The fraction of sp³-hybridized carbons (Fsp3) is 0.409. The SMILES string of the molecule is CC[C@@H](NC(=O)COc1ccccc1C(C)C)c1ccc(OC)c(OC)c1. The smallest absolute Gasteiger partial charge is 0.258 e. The molecule has 2 rings (SSSR count). The molecular weight excluding hydrogens is 342 g/mol. The third-order valence-electron chi connectivity index (χ3n) is 4.45. The monoisotopic (exact) mass is 371 g/mol. The molecule has 0 heterocycles. The van der Waals surface area contributed by atoms with Crippen LogP contribution in [0.4, 0.5) is 0 Å². The molecule has 1 amide bonds. The van der Waals surface area contributed by atoms with Gasteiger partial charge in [0.25, 0.3) is 5.91 Å². The first-order chi connectivity index (χ1) is 13.0. The predicted molar refractivity (Wildman–Crippen MR) is 107 cm³/mol. The molecule has 0 bridgehead atoms. The fourth-order valence-electron chi connectivity index (χ4n) is 2.96. The van der Waals surface area contributed by atoms with Crippen LogP contribution in [0.15, 0.2) is 42.5 Å². The molecule has 5 nitrogen and oxygen atoms in total. The zero-order valence-corrected chi connectivity index (χ0v) is 16.7. The van der Waals surface area contributed by atoms with Gasteiger partial charge in [-0.05, 0) is 41.7 Å². The van der Waals surface area contributed by atoms with E-state index in [0.29, 0.717) is 17.4 Å². The number of hydrogen-bond donors (Lipinski definition) is 1. The van der Waals surface area contributed by atoms with Gasteiger partial charge in [-0.1, -0.05) is 45.0 Å². The van der Waals surface area contributed by atoms with Crippen molar-refractivity contribution in [3.63, 3.8) is 0 Å². The molecule has 146 valence electrons. The van der Waals surface area contributed by atoms with E-state index < -0.39 is 0 Å². The Labute approximate surface area is 161 Å². The molecule has 0 fully saturated rings. The summed E-state index contributed by atoms with van der Waals surface area (Å²) in [7, 11) is 3.20.